The van der Waals surface area contributed by atoms with Crippen molar-refractivity contribution >= 4 is 55.6 Å². The van der Waals surface area contributed by atoms with E-state index in [1.807, 2.05) is 34.0 Å². The second-order valence-corrected chi connectivity index (χ2v) is 4.72. The Morgan fingerprint density at radius 1 is 1.50 bits per heavy atom. The van der Waals surface area contributed by atoms with E-state index in [2.05, 4.69) is 0 Å². The Balaban J connectivity index is 2.94. The van der Waals surface area contributed by atoms with E-state index in [1.54, 1.807) is 0 Å². The average molecular weight is 313 g/mol. The lowest BCUT2D eigenvalue weighted by Gasteiger charge is -1.98. The Labute approximate surface area is 91.5 Å². The molecule has 1 aromatic heterocycles. The van der Waals surface area contributed by atoms with Gasteiger partial charge in [-0.1, -0.05) is 11.6 Å². The zero-order valence-electron chi connectivity index (χ0n) is 5.77. The summed E-state index contributed by atoms with van der Waals surface area (Å²) in [6, 6.07) is 3.43. The molecule has 2 aromatic rings. The van der Waals surface area contributed by atoms with Gasteiger partial charge >= 0.3 is 0 Å². The average Bonchev–Trinajstić information content (AvgIpc) is 2.48. The Morgan fingerprint density at radius 3 is 3.00 bits per heavy atom. The first-order valence-corrected chi connectivity index (χ1v) is 5.54. The van der Waals surface area contributed by atoms with Crippen molar-refractivity contribution in [2.45, 2.75) is 0 Å². The fraction of sp³-hybridized carbons (Fsp3) is 0. The molecule has 0 radical (unpaired) electrons. The highest BCUT2D eigenvalue weighted by molar-refractivity contribution is 14.1. The minimum atomic E-state index is -0.240. The maximum absolute atomic E-state index is 13.1. The first kappa shape index (κ1) is 8.72. The van der Waals surface area contributed by atoms with E-state index in [4.69, 9.17) is 11.6 Å². The predicted molar refractivity (Wildman–Crippen MR) is 59.5 cm³/mol. The maximum Gasteiger partial charge on any atom is 0.139 e. The third kappa shape index (κ3) is 1.24. The van der Waals surface area contributed by atoms with Crippen molar-refractivity contribution in [2.75, 3.05) is 0 Å². The van der Waals surface area contributed by atoms with Crippen LogP contribution in [0.15, 0.2) is 17.5 Å². The van der Waals surface area contributed by atoms with Gasteiger partial charge in [-0.2, -0.15) is 0 Å². The molecule has 12 heavy (non-hydrogen) atoms. The molecular weight excluding hydrogens is 310 g/mol. The van der Waals surface area contributed by atoms with E-state index in [1.165, 1.54) is 17.4 Å². The molecule has 0 unspecified atom stereocenters. The molecule has 0 aliphatic heterocycles. The van der Waals surface area contributed by atoms with Crippen LogP contribution in [-0.4, -0.2) is 0 Å². The third-order valence-electron chi connectivity index (χ3n) is 1.59. The molecule has 0 nitrogen and oxygen atoms in total. The highest BCUT2D eigenvalue weighted by Gasteiger charge is 2.09. The monoisotopic (exact) mass is 312 g/mol. The molecule has 0 saturated carbocycles. The summed E-state index contributed by atoms with van der Waals surface area (Å²) >= 11 is 9.34. The van der Waals surface area contributed by atoms with Crippen molar-refractivity contribution in [1.82, 2.24) is 0 Å². The predicted octanol–water partition coefficient (Wildman–Crippen LogP) is 4.30. The van der Waals surface area contributed by atoms with Gasteiger partial charge in [-0.15, -0.1) is 11.3 Å². The molecule has 0 amide bonds. The summed E-state index contributed by atoms with van der Waals surface area (Å²) in [7, 11) is 0. The zero-order chi connectivity index (χ0) is 8.72. The van der Waals surface area contributed by atoms with Crippen molar-refractivity contribution in [3.63, 3.8) is 0 Å². The molecule has 0 fully saturated rings. The number of hydrogen-bond acceptors (Lipinski definition) is 1. The highest BCUT2D eigenvalue weighted by atomic mass is 127. The Kier molecular flexibility index (Phi) is 2.27. The van der Waals surface area contributed by atoms with E-state index >= 15 is 0 Å². The van der Waals surface area contributed by atoms with Crippen LogP contribution in [0.2, 0.25) is 5.02 Å². The molecule has 0 atom stereocenters. The van der Waals surface area contributed by atoms with E-state index < -0.39 is 0 Å². The van der Waals surface area contributed by atoms with Crippen molar-refractivity contribution in [2.24, 2.45) is 0 Å². The molecule has 1 heterocycles. The van der Waals surface area contributed by atoms with Gasteiger partial charge in [0, 0.05) is 10.1 Å². The number of benzene rings is 1. The summed E-state index contributed by atoms with van der Waals surface area (Å²) in [4.78, 5) is 0. The fourth-order valence-corrected chi connectivity index (χ4v) is 2.59. The smallest absolute Gasteiger partial charge is 0.139 e. The Morgan fingerprint density at radius 2 is 2.25 bits per heavy atom. The SMILES string of the molecule is Fc1cc2sccc2c(Cl)c1I. The number of rotatable bonds is 0. The van der Waals surface area contributed by atoms with Crippen LogP contribution in [0, 0.1) is 9.39 Å². The van der Waals surface area contributed by atoms with Crippen LogP contribution in [0.25, 0.3) is 10.1 Å². The van der Waals surface area contributed by atoms with E-state index in [9.17, 15) is 4.39 Å². The highest BCUT2D eigenvalue weighted by Crippen LogP contribution is 2.33. The number of hydrogen-bond donors (Lipinski definition) is 0. The topological polar surface area (TPSA) is 0 Å². The van der Waals surface area contributed by atoms with E-state index in [-0.39, 0.29) is 5.82 Å². The molecule has 0 N–H and O–H groups in total. The Bertz CT molecular complexity index is 438. The van der Waals surface area contributed by atoms with Crippen molar-refractivity contribution < 1.29 is 4.39 Å². The molecule has 0 aliphatic rings. The van der Waals surface area contributed by atoms with Crippen LogP contribution in [0.4, 0.5) is 4.39 Å². The molecule has 62 valence electrons. The normalized spacial score (nSPS) is 10.9. The van der Waals surface area contributed by atoms with Crippen molar-refractivity contribution in [3.8, 4) is 0 Å². The van der Waals surface area contributed by atoms with E-state index in [0.29, 0.717) is 8.59 Å². The number of halogens is 3. The van der Waals surface area contributed by atoms with Crippen LogP contribution in [-0.2, 0) is 0 Å². The first-order valence-electron chi connectivity index (χ1n) is 3.21. The van der Waals surface area contributed by atoms with Gasteiger partial charge in [-0.25, -0.2) is 4.39 Å². The summed E-state index contributed by atoms with van der Waals surface area (Å²) in [5.74, 6) is -0.240. The van der Waals surface area contributed by atoms with Gasteiger partial charge in [-0.05, 0) is 40.1 Å². The minimum Gasteiger partial charge on any atom is -0.206 e. The van der Waals surface area contributed by atoms with Gasteiger partial charge in [-0.3, -0.25) is 0 Å². The summed E-state index contributed by atoms with van der Waals surface area (Å²) < 4.78 is 14.5. The standard InChI is InChI=1S/C8H3ClFIS/c9-7-4-1-2-12-6(4)3-5(10)8(7)11/h1-3H. The lowest BCUT2D eigenvalue weighted by molar-refractivity contribution is 0.622. The summed E-state index contributed by atoms with van der Waals surface area (Å²) in [6.45, 7) is 0. The van der Waals surface area contributed by atoms with Crippen molar-refractivity contribution in [1.29, 1.82) is 0 Å². The molecule has 1 aromatic carbocycles. The molecule has 2 rings (SSSR count). The lowest BCUT2D eigenvalue weighted by atomic mass is 10.2. The van der Waals surface area contributed by atoms with Gasteiger partial charge in [0.2, 0.25) is 0 Å². The second-order valence-electron chi connectivity index (χ2n) is 2.32. The molecule has 0 aliphatic carbocycles. The van der Waals surface area contributed by atoms with Crippen LogP contribution >= 0.6 is 45.5 Å². The van der Waals surface area contributed by atoms with Gasteiger partial charge in [0.25, 0.3) is 0 Å². The van der Waals surface area contributed by atoms with Crippen LogP contribution in [0.5, 0.6) is 0 Å². The fourth-order valence-electron chi connectivity index (χ4n) is 1.02. The van der Waals surface area contributed by atoms with Gasteiger partial charge in [0.1, 0.15) is 5.82 Å². The molecule has 0 spiro atoms. The Hall–Kier alpha value is 0.130. The maximum atomic E-state index is 13.1. The number of thiophene rings is 1. The number of fused-ring (bicyclic) bond motifs is 1. The molecule has 0 saturated heterocycles. The lowest BCUT2D eigenvalue weighted by Crippen LogP contribution is -1.82. The minimum absolute atomic E-state index is 0.240. The summed E-state index contributed by atoms with van der Waals surface area (Å²) in [6.07, 6.45) is 0. The third-order valence-corrected chi connectivity index (χ3v) is 4.22. The van der Waals surface area contributed by atoms with Crippen molar-refractivity contribution in [3.05, 3.63) is 31.9 Å². The summed E-state index contributed by atoms with van der Waals surface area (Å²) in [5, 5.41) is 3.37. The molecule has 4 heteroatoms. The largest absolute Gasteiger partial charge is 0.206 e. The molecular formula is C8H3ClFIS. The second kappa shape index (κ2) is 3.12. The van der Waals surface area contributed by atoms with Gasteiger partial charge < -0.3 is 0 Å². The molecule has 0 bridgehead atoms. The summed E-state index contributed by atoms with van der Waals surface area (Å²) in [5.41, 5.74) is 0. The first-order chi connectivity index (χ1) is 5.70. The van der Waals surface area contributed by atoms with Crippen LogP contribution in [0.1, 0.15) is 0 Å². The quantitative estimate of drug-likeness (QED) is 0.502. The van der Waals surface area contributed by atoms with Crippen LogP contribution in [0.3, 0.4) is 0 Å². The van der Waals surface area contributed by atoms with Gasteiger partial charge in [0.15, 0.2) is 0 Å². The zero-order valence-corrected chi connectivity index (χ0v) is 9.50. The van der Waals surface area contributed by atoms with E-state index in [0.717, 1.165) is 10.1 Å². The van der Waals surface area contributed by atoms with Gasteiger partial charge in [0.05, 0.1) is 8.59 Å². The van der Waals surface area contributed by atoms with Crippen LogP contribution < -0.4 is 0 Å².